The van der Waals surface area contributed by atoms with Crippen LogP contribution in [0.15, 0.2) is 72.8 Å². The quantitative estimate of drug-likeness (QED) is 0.539. The van der Waals surface area contributed by atoms with Crippen molar-refractivity contribution >= 4 is 23.7 Å². The molecule has 2 aliphatic rings. The molecule has 0 heterocycles. The average Bonchev–Trinajstić information content (AvgIpc) is 3.18. The third-order valence-electron chi connectivity index (χ3n) is 7.10. The first-order chi connectivity index (χ1) is 16.9. The Morgan fingerprint density at radius 1 is 0.943 bits per heavy atom. The third kappa shape index (κ3) is 3.93. The van der Waals surface area contributed by atoms with Gasteiger partial charge in [0, 0.05) is 13.0 Å². The number of nitrogens with zero attached hydrogens (tertiary/aromatic N) is 1. The molecule has 1 fully saturated rings. The number of carbonyl (C=O) groups excluding carboxylic acids is 2. The number of hydrogen-bond donors (Lipinski definition) is 2. The molecule has 0 bridgehead atoms. The molecular weight excluding hydrogens is 444 g/mol. The Balaban J connectivity index is 1.30. The molecule has 0 atom stereocenters. The van der Waals surface area contributed by atoms with E-state index >= 15 is 0 Å². The van der Waals surface area contributed by atoms with E-state index in [1.165, 1.54) is 18.0 Å². The normalized spacial score (nSPS) is 15.3. The maximum Gasteiger partial charge on any atom is 0.408 e. The van der Waals surface area contributed by atoms with E-state index in [9.17, 15) is 19.5 Å². The van der Waals surface area contributed by atoms with Crippen molar-refractivity contribution in [2.75, 3.05) is 18.6 Å². The Kier molecular flexibility index (Phi) is 5.76. The van der Waals surface area contributed by atoms with Gasteiger partial charge in [0.15, 0.2) is 0 Å². The number of ether oxygens (including phenoxy) is 1. The Morgan fingerprint density at radius 2 is 1.51 bits per heavy atom. The van der Waals surface area contributed by atoms with Gasteiger partial charge < -0.3 is 20.1 Å². The van der Waals surface area contributed by atoms with Gasteiger partial charge >= 0.3 is 12.1 Å². The summed E-state index contributed by atoms with van der Waals surface area (Å²) in [6.45, 7) is 0.155. The van der Waals surface area contributed by atoms with Gasteiger partial charge in [-0.05, 0) is 53.6 Å². The predicted molar refractivity (Wildman–Crippen MR) is 132 cm³/mol. The van der Waals surface area contributed by atoms with Crippen LogP contribution >= 0.6 is 0 Å². The Labute approximate surface area is 203 Å². The zero-order valence-corrected chi connectivity index (χ0v) is 19.4. The van der Waals surface area contributed by atoms with Crippen LogP contribution < -0.4 is 10.2 Å². The summed E-state index contributed by atoms with van der Waals surface area (Å²) in [6.07, 6.45) is 1.06. The first-order valence-electron chi connectivity index (χ1n) is 11.6. The summed E-state index contributed by atoms with van der Waals surface area (Å²) in [5, 5.41) is 12.3. The fourth-order valence-electron chi connectivity index (χ4n) is 5.13. The minimum absolute atomic E-state index is 0.0268. The van der Waals surface area contributed by atoms with E-state index in [4.69, 9.17) is 4.74 Å². The highest BCUT2D eigenvalue weighted by Crippen LogP contribution is 2.44. The number of hydrogen-bond acceptors (Lipinski definition) is 4. The molecule has 3 aromatic rings. The van der Waals surface area contributed by atoms with Crippen molar-refractivity contribution < 1.29 is 24.2 Å². The zero-order valence-electron chi connectivity index (χ0n) is 19.4. The van der Waals surface area contributed by atoms with Crippen LogP contribution in [0.5, 0.6) is 0 Å². The number of carboxylic acid groups (broad SMARTS) is 1. The van der Waals surface area contributed by atoms with Crippen molar-refractivity contribution in [3.8, 4) is 11.1 Å². The largest absolute Gasteiger partial charge is 0.478 e. The van der Waals surface area contributed by atoms with E-state index < -0.39 is 17.6 Å². The monoisotopic (exact) mass is 470 g/mol. The van der Waals surface area contributed by atoms with Crippen LogP contribution in [0.3, 0.4) is 0 Å². The molecule has 35 heavy (non-hydrogen) atoms. The van der Waals surface area contributed by atoms with Gasteiger partial charge in [0.2, 0.25) is 0 Å². The molecule has 0 radical (unpaired) electrons. The van der Waals surface area contributed by atoms with Crippen molar-refractivity contribution in [2.24, 2.45) is 0 Å². The van der Waals surface area contributed by atoms with Crippen LogP contribution in [0.25, 0.3) is 11.1 Å². The van der Waals surface area contributed by atoms with Crippen molar-refractivity contribution in [1.29, 1.82) is 0 Å². The summed E-state index contributed by atoms with van der Waals surface area (Å²) < 4.78 is 5.65. The molecule has 1 saturated carbocycles. The van der Waals surface area contributed by atoms with E-state index in [0.717, 1.165) is 28.7 Å². The number of rotatable bonds is 6. The number of amides is 2. The van der Waals surface area contributed by atoms with Crippen molar-refractivity contribution in [3.05, 3.63) is 89.5 Å². The SMILES string of the molecule is CN(C(=O)C1(NC(=O)OCC2c3ccccc3-c3ccccc32)CCC1)c1ccccc1C(=O)O. The number of carbonyl (C=O) groups is 3. The van der Waals surface area contributed by atoms with Crippen molar-refractivity contribution in [3.63, 3.8) is 0 Å². The highest BCUT2D eigenvalue weighted by atomic mass is 16.5. The van der Waals surface area contributed by atoms with Crippen LogP contribution in [-0.2, 0) is 9.53 Å². The molecule has 2 N–H and O–H groups in total. The smallest absolute Gasteiger partial charge is 0.408 e. The molecule has 178 valence electrons. The number of para-hydroxylation sites is 1. The maximum atomic E-state index is 13.4. The Morgan fingerprint density at radius 3 is 2.09 bits per heavy atom. The van der Waals surface area contributed by atoms with Gasteiger partial charge in [0.25, 0.3) is 5.91 Å². The lowest BCUT2D eigenvalue weighted by Crippen LogP contribution is -2.63. The van der Waals surface area contributed by atoms with Crippen LogP contribution in [0.4, 0.5) is 10.5 Å². The van der Waals surface area contributed by atoms with Gasteiger partial charge in [-0.25, -0.2) is 9.59 Å². The van der Waals surface area contributed by atoms with Crippen molar-refractivity contribution in [2.45, 2.75) is 30.7 Å². The Bertz CT molecular complexity index is 1270. The number of anilines is 1. The highest BCUT2D eigenvalue weighted by Gasteiger charge is 2.48. The zero-order chi connectivity index (χ0) is 24.6. The highest BCUT2D eigenvalue weighted by molar-refractivity contribution is 6.06. The van der Waals surface area contributed by atoms with Gasteiger partial charge in [-0.1, -0.05) is 60.7 Å². The fraction of sp³-hybridized carbons (Fsp3) is 0.250. The van der Waals surface area contributed by atoms with E-state index in [1.54, 1.807) is 18.2 Å². The molecule has 0 aliphatic heterocycles. The topological polar surface area (TPSA) is 95.9 Å². The fourth-order valence-corrected chi connectivity index (χ4v) is 5.13. The molecule has 2 amide bonds. The molecule has 0 aromatic heterocycles. The lowest BCUT2D eigenvalue weighted by Gasteiger charge is -2.42. The first-order valence-corrected chi connectivity index (χ1v) is 11.6. The maximum absolute atomic E-state index is 13.4. The van der Waals surface area contributed by atoms with E-state index in [2.05, 4.69) is 17.4 Å². The number of nitrogens with one attached hydrogen (secondary N) is 1. The van der Waals surface area contributed by atoms with Crippen LogP contribution in [0.1, 0.15) is 46.7 Å². The summed E-state index contributed by atoms with van der Waals surface area (Å²) in [4.78, 5) is 39.2. The van der Waals surface area contributed by atoms with Crippen molar-refractivity contribution in [1.82, 2.24) is 5.32 Å². The minimum atomic E-state index is -1.12. The molecule has 7 heteroatoms. The van der Waals surface area contributed by atoms with Crippen LogP contribution in [-0.4, -0.2) is 42.3 Å². The number of likely N-dealkylation sites (N-methyl/N-ethyl adjacent to an activating group) is 1. The first kappa shape index (κ1) is 22.7. The molecular formula is C28H26N2O5. The standard InChI is InChI=1S/C28H26N2O5/c1-30(24-14-7-6-13-22(24)25(31)32)26(33)28(15-8-16-28)29-27(34)35-17-23-20-11-4-2-9-18(20)19-10-3-5-12-21(19)23/h2-7,9-14,23H,8,15-17H2,1H3,(H,29,34)(H,31,32). The summed E-state index contributed by atoms with van der Waals surface area (Å²) in [5.74, 6) is -1.55. The third-order valence-corrected chi connectivity index (χ3v) is 7.10. The molecule has 7 nitrogen and oxygen atoms in total. The number of aromatic carboxylic acids is 1. The predicted octanol–water partition coefficient (Wildman–Crippen LogP) is 4.81. The van der Waals surface area contributed by atoms with Gasteiger partial charge in [-0.2, -0.15) is 0 Å². The number of fused-ring (bicyclic) bond motifs is 3. The lowest BCUT2D eigenvalue weighted by atomic mass is 9.75. The second-order valence-corrected chi connectivity index (χ2v) is 9.07. The molecule has 0 spiro atoms. The second kappa shape index (κ2) is 8.91. The minimum Gasteiger partial charge on any atom is -0.478 e. The lowest BCUT2D eigenvalue weighted by molar-refractivity contribution is -0.127. The molecule has 3 aromatic carbocycles. The van der Waals surface area contributed by atoms with Gasteiger partial charge in [-0.15, -0.1) is 0 Å². The molecule has 0 unspecified atom stereocenters. The number of carboxylic acids is 1. The van der Waals surface area contributed by atoms with E-state index in [-0.39, 0.29) is 29.7 Å². The number of benzene rings is 3. The van der Waals surface area contributed by atoms with E-state index in [1.807, 2.05) is 36.4 Å². The number of alkyl carbamates (subject to hydrolysis) is 1. The van der Waals surface area contributed by atoms with Gasteiger partial charge in [-0.3, -0.25) is 4.79 Å². The van der Waals surface area contributed by atoms with Gasteiger partial charge in [0.1, 0.15) is 12.1 Å². The summed E-state index contributed by atoms with van der Waals surface area (Å²) in [7, 11) is 1.53. The van der Waals surface area contributed by atoms with Gasteiger partial charge in [0.05, 0.1) is 11.3 Å². The van der Waals surface area contributed by atoms with Crippen LogP contribution in [0.2, 0.25) is 0 Å². The average molecular weight is 471 g/mol. The molecule has 0 saturated heterocycles. The Hall–Kier alpha value is -4.13. The summed E-state index contributed by atoms with van der Waals surface area (Å²) in [5.41, 5.74) is 3.71. The summed E-state index contributed by atoms with van der Waals surface area (Å²) >= 11 is 0. The van der Waals surface area contributed by atoms with E-state index in [0.29, 0.717) is 12.8 Å². The molecule has 5 rings (SSSR count). The summed E-state index contributed by atoms with van der Waals surface area (Å²) in [6, 6.07) is 22.5. The second-order valence-electron chi connectivity index (χ2n) is 9.07. The molecule has 2 aliphatic carbocycles. The van der Waals surface area contributed by atoms with Crippen LogP contribution in [0, 0.1) is 0 Å².